The molecular weight excluding hydrogens is 272 g/mol. The van der Waals surface area contributed by atoms with Crippen LogP contribution in [0.3, 0.4) is 0 Å². The summed E-state index contributed by atoms with van der Waals surface area (Å²) in [5.74, 6) is 2.21. The van der Waals surface area contributed by atoms with Gasteiger partial charge in [0.15, 0.2) is 0 Å². The van der Waals surface area contributed by atoms with Crippen molar-refractivity contribution < 1.29 is 4.74 Å². The Kier molecular flexibility index (Phi) is 3.83. The average molecular weight is 302 g/mol. The van der Waals surface area contributed by atoms with Crippen LogP contribution in [0.1, 0.15) is 83.1 Å². The first-order valence-electron chi connectivity index (χ1n) is 8.67. The Balaban J connectivity index is 2.17. The lowest BCUT2D eigenvalue weighted by Crippen LogP contribution is -2.35. The van der Waals surface area contributed by atoms with Crippen LogP contribution >= 0.6 is 0 Å². The minimum absolute atomic E-state index is 0.0164. The van der Waals surface area contributed by atoms with Crippen LogP contribution in [0.4, 0.5) is 0 Å². The van der Waals surface area contributed by atoms with E-state index in [1.165, 1.54) is 29.8 Å². The van der Waals surface area contributed by atoms with Crippen molar-refractivity contribution in [1.29, 1.82) is 0 Å². The van der Waals surface area contributed by atoms with E-state index < -0.39 is 0 Å². The third-order valence-corrected chi connectivity index (χ3v) is 5.04. The van der Waals surface area contributed by atoms with Gasteiger partial charge in [-0.3, -0.25) is 0 Å². The number of rotatable bonds is 0. The summed E-state index contributed by atoms with van der Waals surface area (Å²) >= 11 is 0. The maximum atomic E-state index is 5.79. The molecule has 0 radical (unpaired) electrons. The van der Waals surface area contributed by atoms with E-state index in [1.807, 2.05) is 0 Å². The summed E-state index contributed by atoms with van der Waals surface area (Å²) in [5, 5.41) is 0. The van der Waals surface area contributed by atoms with Crippen LogP contribution in [0.5, 0.6) is 0 Å². The number of nitrogens with zero attached hydrogens (tertiary/aromatic N) is 2. The molecular formula is C19H30N2O. The maximum Gasteiger partial charge on any atom is 0.134 e. The Labute approximate surface area is 134 Å². The fraction of sp³-hybridized carbons (Fsp3) is 0.789. The van der Waals surface area contributed by atoms with Gasteiger partial charge in [-0.15, -0.1) is 0 Å². The van der Waals surface area contributed by atoms with Gasteiger partial charge in [-0.1, -0.05) is 41.5 Å². The van der Waals surface area contributed by atoms with Crippen molar-refractivity contribution in [2.45, 2.75) is 77.6 Å². The van der Waals surface area contributed by atoms with E-state index in [1.54, 1.807) is 0 Å². The van der Waals surface area contributed by atoms with Gasteiger partial charge in [-0.05, 0) is 30.7 Å². The van der Waals surface area contributed by atoms with Gasteiger partial charge in [-0.25, -0.2) is 9.97 Å². The molecule has 0 bridgehead atoms. The number of ether oxygens (including phenoxy) is 1. The van der Waals surface area contributed by atoms with Crippen molar-refractivity contribution in [1.82, 2.24) is 9.97 Å². The normalized spacial score (nSPS) is 25.5. The van der Waals surface area contributed by atoms with E-state index in [9.17, 15) is 0 Å². The standard InChI is InChI=1S/C19H30N2O/c1-18(2,3)16-13-8-7-12-9-10-22-11-14(12)15(13)20-17(21-16)19(4,5)6/h12,14H,7-11H2,1-6H3. The monoisotopic (exact) mass is 302 g/mol. The fourth-order valence-electron chi connectivity index (χ4n) is 3.77. The van der Waals surface area contributed by atoms with Crippen LogP contribution in [0.25, 0.3) is 0 Å². The molecule has 2 aliphatic rings. The van der Waals surface area contributed by atoms with E-state index in [0.29, 0.717) is 5.92 Å². The average Bonchev–Trinajstić information content (AvgIpc) is 2.44. The molecule has 0 saturated carbocycles. The topological polar surface area (TPSA) is 35.0 Å². The van der Waals surface area contributed by atoms with Gasteiger partial charge < -0.3 is 4.74 Å². The van der Waals surface area contributed by atoms with Crippen molar-refractivity contribution >= 4 is 0 Å². The van der Waals surface area contributed by atoms with Gasteiger partial charge in [-0.2, -0.15) is 0 Å². The fourth-order valence-corrected chi connectivity index (χ4v) is 3.77. The van der Waals surface area contributed by atoms with Crippen LogP contribution in [0.15, 0.2) is 0 Å². The molecule has 1 aromatic rings. The molecule has 2 heterocycles. The number of fused-ring (bicyclic) bond motifs is 3. The first kappa shape index (κ1) is 15.9. The molecule has 3 rings (SSSR count). The molecule has 1 fully saturated rings. The third kappa shape index (κ3) is 2.80. The summed E-state index contributed by atoms with van der Waals surface area (Å²) in [5.41, 5.74) is 4.01. The summed E-state index contributed by atoms with van der Waals surface area (Å²) in [6.07, 6.45) is 3.58. The minimum atomic E-state index is -0.0164. The molecule has 3 heteroatoms. The highest BCUT2D eigenvalue weighted by molar-refractivity contribution is 5.37. The van der Waals surface area contributed by atoms with E-state index in [-0.39, 0.29) is 10.8 Å². The van der Waals surface area contributed by atoms with Crippen molar-refractivity contribution in [2.75, 3.05) is 13.2 Å². The molecule has 0 amide bonds. The Morgan fingerprint density at radius 3 is 2.32 bits per heavy atom. The third-order valence-electron chi connectivity index (χ3n) is 5.04. The molecule has 2 unspecified atom stereocenters. The minimum Gasteiger partial charge on any atom is -0.381 e. The van der Waals surface area contributed by atoms with E-state index in [2.05, 4.69) is 41.5 Å². The van der Waals surface area contributed by atoms with Gasteiger partial charge in [0.25, 0.3) is 0 Å². The van der Waals surface area contributed by atoms with Crippen LogP contribution < -0.4 is 0 Å². The molecule has 0 N–H and O–H groups in total. The highest BCUT2D eigenvalue weighted by atomic mass is 16.5. The van der Waals surface area contributed by atoms with Gasteiger partial charge in [0.2, 0.25) is 0 Å². The van der Waals surface area contributed by atoms with Crippen LogP contribution in [-0.2, 0) is 22.0 Å². The lowest BCUT2D eigenvalue weighted by molar-refractivity contribution is 0.0385. The Morgan fingerprint density at radius 2 is 1.68 bits per heavy atom. The van der Waals surface area contributed by atoms with Crippen molar-refractivity contribution in [2.24, 2.45) is 5.92 Å². The molecule has 1 aromatic heterocycles. The number of aromatic nitrogens is 2. The van der Waals surface area contributed by atoms with E-state index in [0.717, 1.165) is 31.4 Å². The first-order valence-corrected chi connectivity index (χ1v) is 8.67. The lowest BCUT2D eigenvalue weighted by Gasteiger charge is -2.39. The zero-order valence-electron chi connectivity index (χ0n) is 15.0. The zero-order valence-corrected chi connectivity index (χ0v) is 15.0. The van der Waals surface area contributed by atoms with Gasteiger partial charge in [0, 0.05) is 23.4 Å². The second-order valence-corrected chi connectivity index (χ2v) is 9.03. The molecule has 22 heavy (non-hydrogen) atoms. The van der Waals surface area contributed by atoms with Gasteiger partial charge in [0.1, 0.15) is 5.82 Å². The van der Waals surface area contributed by atoms with Crippen molar-refractivity contribution in [3.8, 4) is 0 Å². The molecule has 0 spiro atoms. The highest BCUT2D eigenvalue weighted by Gasteiger charge is 2.38. The van der Waals surface area contributed by atoms with Crippen molar-refractivity contribution in [3.05, 3.63) is 22.8 Å². The van der Waals surface area contributed by atoms with Gasteiger partial charge >= 0.3 is 0 Å². The summed E-state index contributed by atoms with van der Waals surface area (Å²) in [6.45, 7) is 15.2. The van der Waals surface area contributed by atoms with E-state index in [4.69, 9.17) is 14.7 Å². The highest BCUT2D eigenvalue weighted by Crippen LogP contribution is 2.43. The largest absolute Gasteiger partial charge is 0.381 e. The summed E-state index contributed by atoms with van der Waals surface area (Å²) < 4.78 is 5.79. The Morgan fingerprint density at radius 1 is 0.955 bits per heavy atom. The second kappa shape index (κ2) is 5.30. The van der Waals surface area contributed by atoms with Crippen molar-refractivity contribution in [3.63, 3.8) is 0 Å². The molecule has 1 aliphatic heterocycles. The molecule has 122 valence electrons. The maximum absolute atomic E-state index is 5.79. The molecule has 1 aliphatic carbocycles. The molecule has 2 atom stereocenters. The predicted molar refractivity (Wildman–Crippen MR) is 89.4 cm³/mol. The first-order chi connectivity index (χ1) is 10.2. The predicted octanol–water partition coefficient (Wildman–Crippen LogP) is 4.14. The van der Waals surface area contributed by atoms with E-state index >= 15 is 0 Å². The number of hydrogen-bond acceptors (Lipinski definition) is 3. The summed E-state index contributed by atoms with van der Waals surface area (Å²) in [7, 11) is 0. The SMILES string of the molecule is CC(C)(C)c1nc2c(c(C(C)(C)C)n1)CCC1CCOCC21. The summed E-state index contributed by atoms with van der Waals surface area (Å²) in [6, 6.07) is 0. The Bertz CT molecular complexity index is 566. The summed E-state index contributed by atoms with van der Waals surface area (Å²) in [4.78, 5) is 10.1. The molecule has 3 nitrogen and oxygen atoms in total. The molecule has 1 saturated heterocycles. The smallest absolute Gasteiger partial charge is 0.134 e. The number of hydrogen-bond donors (Lipinski definition) is 0. The van der Waals surface area contributed by atoms with Crippen LogP contribution in [0, 0.1) is 5.92 Å². The second-order valence-electron chi connectivity index (χ2n) is 9.03. The quantitative estimate of drug-likeness (QED) is 0.722. The zero-order chi connectivity index (χ0) is 16.1. The van der Waals surface area contributed by atoms with Crippen LogP contribution in [-0.4, -0.2) is 23.2 Å². The van der Waals surface area contributed by atoms with Crippen LogP contribution in [0.2, 0.25) is 0 Å². The molecule has 0 aromatic carbocycles. The Hall–Kier alpha value is -0.960. The lowest BCUT2D eigenvalue weighted by atomic mass is 9.72. The van der Waals surface area contributed by atoms with Gasteiger partial charge in [0.05, 0.1) is 18.0 Å².